The van der Waals surface area contributed by atoms with Crippen molar-refractivity contribution in [2.24, 2.45) is 11.8 Å². The zero-order valence-electron chi connectivity index (χ0n) is 26.4. The maximum atomic E-state index is 13.2. The van der Waals surface area contributed by atoms with Crippen LogP contribution in [0.5, 0.6) is 0 Å². The largest absolute Gasteiger partial charge is 0.467 e. The van der Waals surface area contributed by atoms with Crippen molar-refractivity contribution in [3.63, 3.8) is 0 Å². The average molecular weight is 596 g/mol. The van der Waals surface area contributed by atoms with Gasteiger partial charge in [-0.25, -0.2) is 9.59 Å². The van der Waals surface area contributed by atoms with E-state index in [9.17, 15) is 28.8 Å². The van der Waals surface area contributed by atoms with Gasteiger partial charge >= 0.3 is 12.1 Å². The van der Waals surface area contributed by atoms with Crippen molar-refractivity contribution in [3.8, 4) is 0 Å². The number of esters is 1. The minimum atomic E-state index is -1.28. The van der Waals surface area contributed by atoms with Gasteiger partial charge in [-0.15, -0.1) is 0 Å². The van der Waals surface area contributed by atoms with Crippen LogP contribution in [0.25, 0.3) is 0 Å². The monoisotopic (exact) mass is 595 g/mol. The third kappa shape index (κ3) is 9.59. The predicted molar refractivity (Wildman–Crippen MR) is 154 cm³/mol. The van der Waals surface area contributed by atoms with E-state index in [2.05, 4.69) is 26.6 Å². The van der Waals surface area contributed by atoms with E-state index < -0.39 is 70.5 Å². The molecule has 0 unspecified atom stereocenters. The van der Waals surface area contributed by atoms with Crippen molar-refractivity contribution in [1.82, 2.24) is 26.6 Å². The Bertz CT molecular complexity index is 1050. The zero-order chi connectivity index (χ0) is 32.0. The van der Waals surface area contributed by atoms with E-state index in [-0.39, 0.29) is 11.8 Å². The van der Waals surface area contributed by atoms with Gasteiger partial charge in [-0.05, 0) is 81.1 Å². The first-order valence-corrected chi connectivity index (χ1v) is 14.6. The summed E-state index contributed by atoms with van der Waals surface area (Å²) in [5, 5.41) is 13.8. The van der Waals surface area contributed by atoms with Crippen molar-refractivity contribution in [2.45, 2.75) is 129 Å². The van der Waals surface area contributed by atoms with Gasteiger partial charge in [0.15, 0.2) is 0 Å². The highest BCUT2D eigenvalue weighted by atomic mass is 16.6. The smallest absolute Gasteiger partial charge is 0.408 e. The van der Waals surface area contributed by atoms with E-state index in [1.807, 2.05) is 0 Å². The molecule has 0 aliphatic heterocycles. The van der Waals surface area contributed by atoms with Crippen LogP contribution >= 0.6 is 0 Å². The van der Waals surface area contributed by atoms with Crippen molar-refractivity contribution in [3.05, 3.63) is 0 Å². The highest BCUT2D eigenvalue weighted by molar-refractivity contribution is 5.92. The van der Waals surface area contributed by atoms with Crippen LogP contribution in [0.1, 0.15) is 93.9 Å². The number of amides is 5. The van der Waals surface area contributed by atoms with Crippen LogP contribution in [0.3, 0.4) is 0 Å². The van der Waals surface area contributed by atoms with Gasteiger partial charge in [-0.2, -0.15) is 0 Å². The molecule has 0 heterocycles. The quantitative estimate of drug-likeness (QED) is 0.235. The van der Waals surface area contributed by atoms with Gasteiger partial charge in [-0.1, -0.05) is 12.8 Å². The summed E-state index contributed by atoms with van der Waals surface area (Å²) in [6.45, 7) is 12.9. The molecule has 2 aliphatic carbocycles. The van der Waals surface area contributed by atoms with Crippen LogP contribution in [0.2, 0.25) is 0 Å². The first kappa shape index (κ1) is 34.8. The number of methoxy groups -OCH3 is 1. The van der Waals surface area contributed by atoms with Crippen molar-refractivity contribution in [1.29, 1.82) is 0 Å². The molecule has 42 heavy (non-hydrogen) atoms. The van der Waals surface area contributed by atoms with E-state index in [0.717, 1.165) is 6.42 Å². The fraction of sp³-hybridized carbons (Fsp3) is 0.793. The summed E-state index contributed by atoms with van der Waals surface area (Å²) < 4.78 is 10.00. The second-order valence-corrected chi connectivity index (χ2v) is 13.4. The summed E-state index contributed by atoms with van der Waals surface area (Å²) in [6, 6.07) is -1.78. The molecule has 0 aromatic heterocycles. The summed E-state index contributed by atoms with van der Waals surface area (Å²) in [5.41, 5.74) is -3.21. The van der Waals surface area contributed by atoms with Crippen LogP contribution in [0, 0.1) is 11.8 Å². The van der Waals surface area contributed by atoms with Gasteiger partial charge < -0.3 is 36.1 Å². The van der Waals surface area contributed by atoms with Gasteiger partial charge in [0.05, 0.1) is 18.9 Å². The normalized spacial score (nSPS) is 23.3. The third-order valence-corrected chi connectivity index (χ3v) is 7.61. The van der Waals surface area contributed by atoms with Crippen LogP contribution in [-0.4, -0.2) is 77.6 Å². The summed E-state index contributed by atoms with van der Waals surface area (Å²) in [4.78, 5) is 76.2. The molecule has 0 saturated heterocycles. The Hall–Kier alpha value is -3.38. The molecule has 2 aliphatic rings. The standard InChI is InChI=1S/C29H49N5O8/c1-16(21(35)31-19-14-11-13-18(19)23(37)33-29(7,8)25(39)41-9)30-22(36)17-12-10-15-20(17)32-24(38)28(5,6)34-26(40)42-27(2,3)4/h16-20H,10-15H2,1-9H3,(H,30,36)(H,31,35)(H,32,38)(H,33,37)(H,34,40)/t16-,17-,18-,19-,20-/m0/s1. The van der Waals surface area contributed by atoms with E-state index in [1.54, 1.807) is 55.4 Å². The van der Waals surface area contributed by atoms with E-state index in [1.165, 1.54) is 7.11 Å². The van der Waals surface area contributed by atoms with E-state index in [0.29, 0.717) is 32.1 Å². The molecule has 238 valence electrons. The molecule has 5 amide bonds. The molecule has 5 N–H and O–H groups in total. The molecule has 2 saturated carbocycles. The maximum absolute atomic E-state index is 13.2. The lowest BCUT2D eigenvalue weighted by Gasteiger charge is -2.30. The number of ether oxygens (including phenoxy) is 2. The average Bonchev–Trinajstić information content (AvgIpc) is 3.51. The van der Waals surface area contributed by atoms with Crippen molar-refractivity contribution < 1.29 is 38.2 Å². The Morgan fingerprint density at radius 3 is 1.76 bits per heavy atom. The number of hydrogen-bond acceptors (Lipinski definition) is 8. The van der Waals surface area contributed by atoms with Crippen molar-refractivity contribution in [2.75, 3.05) is 7.11 Å². The predicted octanol–water partition coefficient (Wildman–Crippen LogP) is 1.43. The lowest BCUT2D eigenvalue weighted by atomic mass is 9.98. The number of carbonyl (C=O) groups is 6. The van der Waals surface area contributed by atoms with Crippen LogP contribution in [0.15, 0.2) is 0 Å². The molecule has 0 aromatic rings. The van der Waals surface area contributed by atoms with Crippen LogP contribution in [-0.2, 0) is 33.4 Å². The molecule has 13 nitrogen and oxygen atoms in total. The van der Waals surface area contributed by atoms with Gasteiger partial charge in [0.2, 0.25) is 23.6 Å². The van der Waals surface area contributed by atoms with Crippen molar-refractivity contribution >= 4 is 35.7 Å². The van der Waals surface area contributed by atoms with Gasteiger partial charge in [-0.3, -0.25) is 19.2 Å². The molecule has 13 heteroatoms. The highest BCUT2D eigenvalue weighted by Crippen LogP contribution is 2.28. The first-order valence-electron chi connectivity index (χ1n) is 14.6. The molecule has 0 aromatic carbocycles. The lowest BCUT2D eigenvalue weighted by Crippen LogP contribution is -2.59. The van der Waals surface area contributed by atoms with Gasteiger partial charge in [0.25, 0.3) is 0 Å². The Kier molecular flexibility index (Phi) is 11.4. The third-order valence-electron chi connectivity index (χ3n) is 7.61. The molecule has 2 rings (SSSR count). The first-order chi connectivity index (χ1) is 19.3. The second kappa shape index (κ2) is 13.7. The Morgan fingerprint density at radius 1 is 0.714 bits per heavy atom. The van der Waals surface area contributed by atoms with Crippen LogP contribution in [0.4, 0.5) is 4.79 Å². The lowest BCUT2D eigenvalue weighted by molar-refractivity contribution is -0.150. The highest BCUT2D eigenvalue weighted by Gasteiger charge is 2.41. The minimum absolute atomic E-state index is 0.349. The number of nitrogens with one attached hydrogen (secondary N) is 5. The number of hydrogen-bond donors (Lipinski definition) is 5. The fourth-order valence-electron chi connectivity index (χ4n) is 5.26. The summed E-state index contributed by atoms with van der Waals surface area (Å²) >= 11 is 0. The molecular formula is C29H49N5O8. The SMILES string of the molecule is COC(=O)C(C)(C)NC(=O)[C@H]1CCC[C@@H]1NC(=O)[C@H](C)NC(=O)[C@H]1CCC[C@@H]1NC(=O)C(C)(C)NC(=O)OC(C)(C)C. The Morgan fingerprint density at radius 2 is 1.24 bits per heavy atom. The van der Waals surface area contributed by atoms with E-state index in [4.69, 9.17) is 9.47 Å². The molecule has 0 bridgehead atoms. The van der Waals surface area contributed by atoms with Gasteiger partial charge in [0, 0.05) is 12.1 Å². The Labute approximate surface area is 248 Å². The summed E-state index contributed by atoms with van der Waals surface area (Å²) in [7, 11) is 1.25. The summed E-state index contributed by atoms with van der Waals surface area (Å²) in [6.07, 6.45) is 2.97. The van der Waals surface area contributed by atoms with Gasteiger partial charge in [0.1, 0.15) is 22.7 Å². The molecule has 0 spiro atoms. The van der Waals surface area contributed by atoms with Crippen LogP contribution < -0.4 is 26.6 Å². The maximum Gasteiger partial charge on any atom is 0.408 e. The van der Waals surface area contributed by atoms with E-state index >= 15 is 0 Å². The molecule has 5 atom stereocenters. The topological polar surface area (TPSA) is 181 Å². The Balaban J connectivity index is 1.93. The second-order valence-electron chi connectivity index (χ2n) is 13.4. The molecule has 2 fully saturated rings. The summed E-state index contributed by atoms with van der Waals surface area (Å²) in [5.74, 6) is -3.24. The number of rotatable bonds is 10. The molecule has 0 radical (unpaired) electrons. The number of alkyl carbamates (subject to hydrolysis) is 1. The molecular weight excluding hydrogens is 546 g/mol. The number of carbonyl (C=O) groups excluding carboxylic acids is 6. The zero-order valence-corrected chi connectivity index (χ0v) is 26.4. The fourth-order valence-corrected chi connectivity index (χ4v) is 5.26. The minimum Gasteiger partial charge on any atom is -0.467 e.